The smallest absolute Gasteiger partial charge is 0.211 e. The summed E-state index contributed by atoms with van der Waals surface area (Å²) in [7, 11) is 0. The zero-order chi connectivity index (χ0) is 14.8. The van der Waals surface area contributed by atoms with Crippen molar-refractivity contribution in [3.63, 3.8) is 0 Å². The van der Waals surface area contributed by atoms with Crippen LogP contribution in [0.5, 0.6) is 0 Å². The minimum atomic E-state index is 0.588. The van der Waals surface area contributed by atoms with Crippen molar-refractivity contribution in [2.75, 3.05) is 25.0 Å². The summed E-state index contributed by atoms with van der Waals surface area (Å²) in [6.07, 6.45) is 4.51. The van der Waals surface area contributed by atoms with Crippen LogP contribution in [0.15, 0.2) is 18.2 Å². The van der Waals surface area contributed by atoms with E-state index in [9.17, 15) is 9.59 Å². The van der Waals surface area contributed by atoms with Gasteiger partial charge >= 0.3 is 0 Å². The number of carbonyl (C=O) groups is 2. The number of hydrogen-bond acceptors (Lipinski definition) is 3. The van der Waals surface area contributed by atoms with E-state index in [1.807, 2.05) is 12.1 Å². The fraction of sp³-hybridized carbons (Fsp3) is 0.500. The molecule has 0 saturated heterocycles. The summed E-state index contributed by atoms with van der Waals surface area (Å²) in [5.41, 5.74) is 2.17. The Kier molecular flexibility index (Phi) is 7.58. The third kappa shape index (κ3) is 4.78. The van der Waals surface area contributed by atoms with Gasteiger partial charge in [-0.1, -0.05) is 26.0 Å². The van der Waals surface area contributed by atoms with E-state index in [1.165, 1.54) is 0 Å². The molecule has 0 radical (unpaired) electrons. The highest BCUT2D eigenvalue weighted by atomic mass is 16.1. The number of rotatable bonds is 10. The Morgan fingerprint density at radius 2 is 1.80 bits per heavy atom. The van der Waals surface area contributed by atoms with E-state index in [4.69, 9.17) is 0 Å². The zero-order valence-corrected chi connectivity index (χ0v) is 12.4. The molecule has 20 heavy (non-hydrogen) atoms. The number of benzene rings is 1. The Balaban J connectivity index is 2.77. The van der Waals surface area contributed by atoms with Gasteiger partial charge in [-0.3, -0.25) is 9.59 Å². The average molecular weight is 276 g/mol. The first-order chi connectivity index (χ1) is 9.76. The first-order valence-corrected chi connectivity index (χ1v) is 7.26. The normalized spacial score (nSPS) is 10.6. The molecule has 0 fully saturated rings. The third-order valence-corrected chi connectivity index (χ3v) is 3.31. The standard InChI is InChI=1S/C16H24N2O2/c1-3-9-18(10-4-2)11-8-14-6-5-7-16(17-13-20)15(14)12-19/h5-7,12-13H,3-4,8-11H2,1-2H3,(H,17,20). The maximum absolute atomic E-state index is 11.2. The van der Waals surface area contributed by atoms with Crippen LogP contribution in [0, 0.1) is 0 Å². The molecule has 1 N–H and O–H groups in total. The van der Waals surface area contributed by atoms with Gasteiger partial charge in [-0.05, 0) is 44.0 Å². The van der Waals surface area contributed by atoms with Crippen LogP contribution in [0.1, 0.15) is 42.6 Å². The van der Waals surface area contributed by atoms with Crippen LogP contribution in [0.3, 0.4) is 0 Å². The molecule has 1 amide bonds. The lowest BCUT2D eigenvalue weighted by Gasteiger charge is -2.21. The van der Waals surface area contributed by atoms with Crippen LogP contribution in [-0.4, -0.2) is 37.2 Å². The van der Waals surface area contributed by atoms with Crippen molar-refractivity contribution in [1.82, 2.24) is 4.90 Å². The lowest BCUT2D eigenvalue weighted by molar-refractivity contribution is -0.105. The van der Waals surface area contributed by atoms with Gasteiger partial charge in [0.2, 0.25) is 6.41 Å². The lowest BCUT2D eigenvalue weighted by Crippen LogP contribution is -2.28. The highest BCUT2D eigenvalue weighted by Gasteiger charge is 2.09. The van der Waals surface area contributed by atoms with Crippen LogP contribution >= 0.6 is 0 Å². The van der Waals surface area contributed by atoms with E-state index >= 15 is 0 Å². The van der Waals surface area contributed by atoms with Gasteiger partial charge in [0.1, 0.15) is 0 Å². The number of nitrogens with one attached hydrogen (secondary N) is 1. The van der Waals surface area contributed by atoms with Crippen molar-refractivity contribution in [2.24, 2.45) is 0 Å². The lowest BCUT2D eigenvalue weighted by atomic mass is 10.0. The van der Waals surface area contributed by atoms with Crippen LogP contribution in [0.2, 0.25) is 0 Å². The van der Waals surface area contributed by atoms with E-state index in [0.29, 0.717) is 17.7 Å². The molecular weight excluding hydrogens is 252 g/mol. The van der Waals surface area contributed by atoms with Crippen LogP contribution in [-0.2, 0) is 11.2 Å². The Morgan fingerprint density at radius 1 is 1.10 bits per heavy atom. The topological polar surface area (TPSA) is 49.4 Å². The van der Waals surface area contributed by atoms with Gasteiger partial charge in [0.25, 0.3) is 0 Å². The molecule has 0 aliphatic carbocycles. The van der Waals surface area contributed by atoms with Crippen LogP contribution in [0.25, 0.3) is 0 Å². The van der Waals surface area contributed by atoms with E-state index in [-0.39, 0.29) is 0 Å². The predicted molar refractivity (Wildman–Crippen MR) is 82.2 cm³/mol. The fourth-order valence-corrected chi connectivity index (χ4v) is 2.41. The molecule has 4 nitrogen and oxygen atoms in total. The number of hydrogen-bond donors (Lipinski definition) is 1. The van der Waals surface area contributed by atoms with Crippen molar-refractivity contribution in [3.05, 3.63) is 29.3 Å². The Hall–Kier alpha value is -1.68. The summed E-state index contributed by atoms with van der Waals surface area (Å²) in [5, 5.41) is 2.58. The summed E-state index contributed by atoms with van der Waals surface area (Å²) < 4.78 is 0. The molecular formula is C16H24N2O2. The molecule has 4 heteroatoms. The molecule has 0 unspecified atom stereocenters. The van der Waals surface area contributed by atoms with Crippen molar-refractivity contribution < 1.29 is 9.59 Å². The fourth-order valence-electron chi connectivity index (χ4n) is 2.41. The van der Waals surface area contributed by atoms with Gasteiger partial charge in [0, 0.05) is 12.1 Å². The quantitative estimate of drug-likeness (QED) is 0.668. The second kappa shape index (κ2) is 9.26. The van der Waals surface area contributed by atoms with Gasteiger partial charge in [-0.15, -0.1) is 0 Å². The Morgan fingerprint density at radius 3 is 2.35 bits per heavy atom. The zero-order valence-electron chi connectivity index (χ0n) is 12.4. The van der Waals surface area contributed by atoms with Crippen LogP contribution < -0.4 is 5.32 Å². The summed E-state index contributed by atoms with van der Waals surface area (Å²) in [6.45, 7) is 7.45. The molecule has 0 spiro atoms. The number of nitrogens with zero attached hydrogens (tertiary/aromatic N) is 1. The Bertz CT molecular complexity index is 426. The number of carbonyl (C=O) groups excluding carboxylic acids is 2. The maximum Gasteiger partial charge on any atom is 0.211 e. The molecule has 0 aliphatic rings. The van der Waals surface area contributed by atoms with E-state index < -0.39 is 0 Å². The highest BCUT2D eigenvalue weighted by Crippen LogP contribution is 2.18. The summed E-state index contributed by atoms with van der Waals surface area (Å²) in [5.74, 6) is 0. The third-order valence-electron chi connectivity index (χ3n) is 3.31. The summed E-state index contributed by atoms with van der Waals surface area (Å²) >= 11 is 0. The van der Waals surface area contributed by atoms with Crippen LogP contribution in [0.4, 0.5) is 5.69 Å². The van der Waals surface area contributed by atoms with E-state index in [1.54, 1.807) is 6.07 Å². The van der Waals surface area contributed by atoms with Crippen molar-refractivity contribution in [3.8, 4) is 0 Å². The molecule has 0 aromatic heterocycles. The minimum Gasteiger partial charge on any atom is -0.328 e. The molecule has 0 aliphatic heterocycles. The number of anilines is 1. The molecule has 1 rings (SSSR count). The summed E-state index contributed by atoms with van der Waals surface area (Å²) in [4.78, 5) is 24.2. The number of amides is 1. The molecule has 0 saturated carbocycles. The highest BCUT2D eigenvalue weighted by molar-refractivity contribution is 5.90. The summed E-state index contributed by atoms with van der Waals surface area (Å²) in [6, 6.07) is 5.57. The average Bonchev–Trinajstić information content (AvgIpc) is 2.45. The maximum atomic E-state index is 11.2. The Labute approximate surface area is 121 Å². The molecule has 1 aromatic carbocycles. The van der Waals surface area contributed by atoms with E-state index in [0.717, 1.165) is 50.7 Å². The van der Waals surface area contributed by atoms with Crippen molar-refractivity contribution in [1.29, 1.82) is 0 Å². The van der Waals surface area contributed by atoms with Gasteiger partial charge in [-0.25, -0.2) is 0 Å². The number of aldehydes is 1. The van der Waals surface area contributed by atoms with Crippen molar-refractivity contribution in [2.45, 2.75) is 33.1 Å². The molecule has 0 heterocycles. The first-order valence-electron chi connectivity index (χ1n) is 7.26. The predicted octanol–water partition coefficient (Wildman–Crippen LogP) is 2.73. The van der Waals surface area contributed by atoms with Crippen molar-refractivity contribution >= 4 is 18.4 Å². The second-order valence-corrected chi connectivity index (χ2v) is 4.85. The monoisotopic (exact) mass is 276 g/mol. The van der Waals surface area contributed by atoms with Gasteiger partial charge < -0.3 is 10.2 Å². The SMILES string of the molecule is CCCN(CCC)CCc1cccc(NC=O)c1C=O. The molecule has 110 valence electrons. The van der Waals surface area contributed by atoms with Gasteiger partial charge in [-0.2, -0.15) is 0 Å². The largest absolute Gasteiger partial charge is 0.328 e. The molecule has 0 atom stereocenters. The van der Waals surface area contributed by atoms with Gasteiger partial charge in [0.15, 0.2) is 6.29 Å². The first kappa shape index (κ1) is 16.4. The molecule has 1 aromatic rings. The van der Waals surface area contributed by atoms with E-state index in [2.05, 4.69) is 24.1 Å². The minimum absolute atomic E-state index is 0.588. The van der Waals surface area contributed by atoms with Gasteiger partial charge in [0.05, 0.1) is 5.69 Å². The second-order valence-electron chi connectivity index (χ2n) is 4.85. The molecule has 0 bridgehead atoms.